The quantitative estimate of drug-likeness (QED) is 0.862. The number of alkyl halides is 3. The van der Waals surface area contributed by atoms with Crippen LogP contribution in [0.15, 0.2) is 30.6 Å². The van der Waals surface area contributed by atoms with Crippen molar-refractivity contribution in [3.05, 3.63) is 42.0 Å². The van der Waals surface area contributed by atoms with E-state index in [1.165, 1.54) is 17.0 Å². The van der Waals surface area contributed by atoms with E-state index in [0.717, 1.165) is 18.2 Å². The molecule has 114 valence electrons. The van der Waals surface area contributed by atoms with Gasteiger partial charge in [-0.15, -0.1) is 0 Å². The molecular formula is C14H15F4N3. The summed E-state index contributed by atoms with van der Waals surface area (Å²) in [5.41, 5.74) is -1.09. The fourth-order valence-electron chi connectivity index (χ4n) is 1.80. The Kier molecular flexibility index (Phi) is 4.20. The highest BCUT2D eigenvalue weighted by Gasteiger charge is 2.31. The van der Waals surface area contributed by atoms with E-state index in [0.29, 0.717) is 18.4 Å². The Balaban J connectivity index is 2.40. The van der Waals surface area contributed by atoms with Gasteiger partial charge in [0.15, 0.2) is 0 Å². The fraction of sp³-hybridized carbons (Fsp3) is 0.357. The van der Waals surface area contributed by atoms with E-state index >= 15 is 0 Å². The second-order valence-corrected chi connectivity index (χ2v) is 5.06. The highest BCUT2D eigenvalue weighted by molar-refractivity contribution is 5.45. The molecule has 0 radical (unpaired) electrons. The highest BCUT2D eigenvalue weighted by atomic mass is 19.4. The normalized spacial score (nSPS) is 12.0. The lowest BCUT2D eigenvalue weighted by Crippen LogP contribution is -2.13. The van der Waals surface area contributed by atoms with Crippen LogP contribution in [0.2, 0.25) is 0 Å². The Morgan fingerprint density at radius 3 is 2.62 bits per heavy atom. The van der Waals surface area contributed by atoms with Crippen LogP contribution in [0.3, 0.4) is 0 Å². The molecule has 0 fully saturated rings. The van der Waals surface area contributed by atoms with E-state index in [1.807, 2.05) is 13.8 Å². The van der Waals surface area contributed by atoms with Gasteiger partial charge in [0.05, 0.1) is 11.3 Å². The molecule has 1 heterocycles. The monoisotopic (exact) mass is 301 g/mol. The molecule has 2 rings (SSSR count). The Morgan fingerprint density at radius 1 is 1.29 bits per heavy atom. The number of hydrogen-bond acceptors (Lipinski definition) is 2. The van der Waals surface area contributed by atoms with Crippen LogP contribution in [-0.2, 0) is 6.18 Å². The molecule has 0 unspecified atom stereocenters. The van der Waals surface area contributed by atoms with Gasteiger partial charge in [-0.05, 0) is 24.1 Å². The Labute approximate surface area is 119 Å². The first-order valence-corrected chi connectivity index (χ1v) is 6.43. The number of nitrogens with one attached hydrogen (secondary N) is 1. The minimum absolute atomic E-state index is 0.186. The van der Waals surface area contributed by atoms with E-state index in [-0.39, 0.29) is 5.69 Å². The number of halogens is 4. The van der Waals surface area contributed by atoms with Crippen LogP contribution in [0.5, 0.6) is 0 Å². The second kappa shape index (κ2) is 5.75. The number of rotatable bonds is 4. The van der Waals surface area contributed by atoms with Gasteiger partial charge in [0.2, 0.25) is 5.95 Å². The van der Waals surface area contributed by atoms with Crippen molar-refractivity contribution in [2.24, 2.45) is 5.92 Å². The van der Waals surface area contributed by atoms with Gasteiger partial charge in [0, 0.05) is 18.9 Å². The first-order chi connectivity index (χ1) is 9.79. The maximum Gasteiger partial charge on any atom is 0.416 e. The van der Waals surface area contributed by atoms with Gasteiger partial charge >= 0.3 is 6.18 Å². The number of hydrogen-bond donors (Lipinski definition) is 1. The van der Waals surface area contributed by atoms with Crippen molar-refractivity contribution in [2.75, 3.05) is 11.9 Å². The van der Waals surface area contributed by atoms with Crippen LogP contribution in [-0.4, -0.2) is 16.1 Å². The molecule has 1 aromatic heterocycles. The molecule has 0 saturated carbocycles. The molecule has 2 aromatic rings. The van der Waals surface area contributed by atoms with Crippen LogP contribution in [0.4, 0.5) is 23.5 Å². The molecule has 0 aliphatic carbocycles. The minimum Gasteiger partial charge on any atom is -0.355 e. The summed E-state index contributed by atoms with van der Waals surface area (Å²) in [6.07, 6.45) is -1.70. The zero-order valence-electron chi connectivity index (χ0n) is 11.6. The van der Waals surface area contributed by atoms with Gasteiger partial charge in [-0.1, -0.05) is 13.8 Å². The van der Waals surface area contributed by atoms with E-state index in [2.05, 4.69) is 10.3 Å². The predicted octanol–water partition coefficient (Wildman–Crippen LogP) is 4.10. The molecule has 1 N–H and O–H groups in total. The van der Waals surface area contributed by atoms with Crippen LogP contribution >= 0.6 is 0 Å². The lowest BCUT2D eigenvalue weighted by Gasteiger charge is -2.14. The molecule has 7 heteroatoms. The SMILES string of the molecule is CC(C)CNc1nccn1-c1cc(C(F)(F)F)ccc1F. The number of imidazole rings is 1. The summed E-state index contributed by atoms with van der Waals surface area (Å²) in [5, 5.41) is 2.98. The van der Waals surface area contributed by atoms with Crippen LogP contribution in [0.1, 0.15) is 19.4 Å². The third kappa shape index (κ3) is 3.53. The molecule has 0 amide bonds. The Morgan fingerprint density at radius 2 is 2.00 bits per heavy atom. The summed E-state index contributed by atoms with van der Waals surface area (Å²) in [5.74, 6) is -0.114. The van der Waals surface area contributed by atoms with Gasteiger partial charge in [0.1, 0.15) is 5.82 Å². The smallest absolute Gasteiger partial charge is 0.355 e. The number of benzene rings is 1. The molecule has 0 aliphatic heterocycles. The fourth-order valence-corrected chi connectivity index (χ4v) is 1.80. The van der Waals surface area contributed by atoms with Crippen molar-refractivity contribution in [3.8, 4) is 5.69 Å². The summed E-state index contributed by atoms with van der Waals surface area (Å²) in [4.78, 5) is 4.00. The van der Waals surface area contributed by atoms with Crippen LogP contribution < -0.4 is 5.32 Å². The topological polar surface area (TPSA) is 29.9 Å². The molecule has 0 spiro atoms. The summed E-state index contributed by atoms with van der Waals surface area (Å²) in [6, 6.07) is 2.30. The summed E-state index contributed by atoms with van der Waals surface area (Å²) in [7, 11) is 0. The molecule has 0 aliphatic rings. The lowest BCUT2D eigenvalue weighted by molar-refractivity contribution is -0.137. The van der Waals surface area contributed by atoms with Crippen molar-refractivity contribution in [3.63, 3.8) is 0 Å². The number of nitrogens with zero attached hydrogens (tertiary/aromatic N) is 2. The van der Waals surface area contributed by atoms with Crippen molar-refractivity contribution < 1.29 is 17.6 Å². The molecular weight excluding hydrogens is 286 g/mol. The molecule has 0 saturated heterocycles. The second-order valence-electron chi connectivity index (χ2n) is 5.06. The summed E-state index contributed by atoms with van der Waals surface area (Å²) >= 11 is 0. The third-order valence-corrected chi connectivity index (χ3v) is 2.84. The van der Waals surface area contributed by atoms with Gasteiger partial charge in [-0.2, -0.15) is 13.2 Å². The summed E-state index contributed by atoms with van der Waals surface area (Å²) in [6.45, 7) is 4.54. The average molecular weight is 301 g/mol. The molecule has 3 nitrogen and oxygen atoms in total. The van der Waals surface area contributed by atoms with Gasteiger partial charge in [-0.25, -0.2) is 9.37 Å². The van der Waals surface area contributed by atoms with Crippen LogP contribution in [0.25, 0.3) is 5.69 Å². The molecule has 0 atom stereocenters. The maximum absolute atomic E-state index is 13.9. The van der Waals surface area contributed by atoms with E-state index < -0.39 is 17.6 Å². The van der Waals surface area contributed by atoms with E-state index in [9.17, 15) is 17.6 Å². The zero-order valence-corrected chi connectivity index (χ0v) is 11.6. The highest BCUT2D eigenvalue weighted by Crippen LogP contribution is 2.31. The van der Waals surface area contributed by atoms with Crippen molar-refractivity contribution in [1.29, 1.82) is 0 Å². The van der Waals surface area contributed by atoms with Crippen molar-refractivity contribution >= 4 is 5.95 Å². The first kappa shape index (κ1) is 15.3. The predicted molar refractivity (Wildman–Crippen MR) is 71.9 cm³/mol. The Hall–Kier alpha value is -2.05. The lowest BCUT2D eigenvalue weighted by atomic mass is 10.2. The van der Waals surface area contributed by atoms with Crippen LogP contribution in [0, 0.1) is 11.7 Å². The van der Waals surface area contributed by atoms with Crippen molar-refractivity contribution in [2.45, 2.75) is 20.0 Å². The van der Waals surface area contributed by atoms with E-state index in [4.69, 9.17) is 0 Å². The molecule has 0 bridgehead atoms. The maximum atomic E-state index is 13.9. The molecule has 21 heavy (non-hydrogen) atoms. The Bertz CT molecular complexity index is 617. The van der Waals surface area contributed by atoms with Crippen molar-refractivity contribution in [1.82, 2.24) is 9.55 Å². The van der Waals surface area contributed by atoms with E-state index in [1.54, 1.807) is 0 Å². The number of anilines is 1. The number of aromatic nitrogens is 2. The molecule has 1 aromatic carbocycles. The largest absolute Gasteiger partial charge is 0.416 e. The minimum atomic E-state index is -4.52. The van der Waals surface area contributed by atoms with Gasteiger partial charge in [-0.3, -0.25) is 4.57 Å². The third-order valence-electron chi connectivity index (χ3n) is 2.84. The first-order valence-electron chi connectivity index (χ1n) is 6.43. The van der Waals surface area contributed by atoms with Gasteiger partial charge < -0.3 is 5.32 Å². The van der Waals surface area contributed by atoms with Gasteiger partial charge in [0.25, 0.3) is 0 Å². The average Bonchev–Trinajstić information content (AvgIpc) is 2.83. The zero-order chi connectivity index (χ0) is 15.6. The standard InChI is InChI=1S/C14H15F4N3/c1-9(2)8-20-13-19-5-6-21(13)12-7-10(14(16,17)18)3-4-11(12)15/h3-7,9H,8H2,1-2H3,(H,19,20). The summed E-state index contributed by atoms with van der Waals surface area (Å²) < 4.78 is 53.3.